The van der Waals surface area contributed by atoms with Gasteiger partial charge in [0, 0.05) is 11.3 Å². The van der Waals surface area contributed by atoms with Gasteiger partial charge in [-0.2, -0.15) is 0 Å². The molecule has 96 valence electrons. The predicted molar refractivity (Wildman–Crippen MR) is 75.3 cm³/mol. The second-order valence-electron chi connectivity index (χ2n) is 5.35. The van der Waals surface area contributed by atoms with Crippen molar-refractivity contribution in [1.82, 2.24) is 0 Å². The molecule has 1 aromatic carbocycles. The molecule has 1 N–H and O–H groups in total. The Hall–Kier alpha value is -1.64. The van der Waals surface area contributed by atoms with Crippen molar-refractivity contribution in [1.29, 1.82) is 0 Å². The fraction of sp³-hybridized carbons (Fsp3) is 0.467. The van der Waals surface area contributed by atoms with Gasteiger partial charge in [0.15, 0.2) is 0 Å². The quantitative estimate of drug-likeness (QED) is 0.853. The number of nitrogens with one attached hydrogen (secondary N) is 1. The van der Waals surface area contributed by atoms with E-state index < -0.39 is 0 Å². The van der Waals surface area contributed by atoms with E-state index in [1.807, 2.05) is 32.0 Å². The number of benzodiazepines with no additional fused rings is 1. The van der Waals surface area contributed by atoms with Crippen molar-refractivity contribution in [2.45, 2.75) is 40.2 Å². The van der Waals surface area contributed by atoms with E-state index >= 15 is 0 Å². The van der Waals surface area contributed by atoms with Gasteiger partial charge in [0.1, 0.15) is 6.04 Å². The van der Waals surface area contributed by atoms with Crippen LogP contribution < -0.4 is 5.32 Å². The molecule has 1 aliphatic rings. The van der Waals surface area contributed by atoms with Crippen LogP contribution in [0.1, 0.15) is 38.3 Å². The number of benzene rings is 1. The standard InChI is InChI=1S/C15H20N2O/c1-9(2)8-13-15(18)17-12-7-5-6-10(3)14(12)11(4)16-13/h5-7,9,13H,8H2,1-4H3,(H,17,18). The van der Waals surface area contributed by atoms with Crippen molar-refractivity contribution in [2.24, 2.45) is 10.9 Å². The highest BCUT2D eigenvalue weighted by Gasteiger charge is 2.24. The molecular formula is C15H20N2O. The van der Waals surface area contributed by atoms with Gasteiger partial charge in [-0.15, -0.1) is 0 Å². The third-order valence-corrected chi connectivity index (χ3v) is 3.24. The van der Waals surface area contributed by atoms with Crippen molar-refractivity contribution < 1.29 is 4.79 Å². The molecule has 0 bridgehead atoms. The average Bonchev–Trinajstić information content (AvgIpc) is 2.37. The fourth-order valence-electron chi connectivity index (χ4n) is 2.43. The number of carbonyl (C=O) groups excluding carboxylic acids is 1. The Morgan fingerprint density at radius 1 is 1.33 bits per heavy atom. The van der Waals surface area contributed by atoms with E-state index in [0.717, 1.165) is 28.9 Å². The van der Waals surface area contributed by atoms with Crippen molar-refractivity contribution in [3.05, 3.63) is 29.3 Å². The zero-order valence-electron chi connectivity index (χ0n) is 11.4. The molecule has 1 amide bonds. The van der Waals surface area contributed by atoms with Crippen LogP contribution in [-0.2, 0) is 4.79 Å². The number of hydrogen-bond acceptors (Lipinski definition) is 2. The lowest BCUT2D eigenvalue weighted by Gasteiger charge is -2.12. The topological polar surface area (TPSA) is 41.5 Å². The number of hydrogen-bond donors (Lipinski definition) is 1. The first-order chi connectivity index (χ1) is 8.49. The van der Waals surface area contributed by atoms with Crippen LogP contribution >= 0.6 is 0 Å². The second kappa shape index (κ2) is 4.92. The largest absolute Gasteiger partial charge is 0.324 e. The first-order valence-electron chi connectivity index (χ1n) is 6.44. The number of amides is 1. The van der Waals surface area contributed by atoms with E-state index in [1.165, 1.54) is 0 Å². The van der Waals surface area contributed by atoms with Gasteiger partial charge in [-0.05, 0) is 37.8 Å². The van der Waals surface area contributed by atoms with Crippen LogP contribution in [0.3, 0.4) is 0 Å². The minimum absolute atomic E-state index is 0.00685. The van der Waals surface area contributed by atoms with Gasteiger partial charge < -0.3 is 5.32 Å². The van der Waals surface area contributed by atoms with Crippen LogP contribution in [-0.4, -0.2) is 17.7 Å². The third-order valence-electron chi connectivity index (χ3n) is 3.24. The van der Waals surface area contributed by atoms with Gasteiger partial charge >= 0.3 is 0 Å². The number of carbonyl (C=O) groups is 1. The Morgan fingerprint density at radius 3 is 2.72 bits per heavy atom. The van der Waals surface area contributed by atoms with Gasteiger partial charge in [-0.3, -0.25) is 9.79 Å². The maximum Gasteiger partial charge on any atom is 0.249 e. The van der Waals surface area contributed by atoms with E-state index in [1.54, 1.807) is 0 Å². The lowest BCUT2D eigenvalue weighted by Crippen LogP contribution is -2.26. The molecule has 0 fully saturated rings. The van der Waals surface area contributed by atoms with Crippen molar-refractivity contribution >= 4 is 17.3 Å². The fourth-order valence-corrected chi connectivity index (χ4v) is 2.43. The number of aliphatic imine (C=N–C) groups is 1. The highest BCUT2D eigenvalue weighted by molar-refractivity contribution is 6.11. The third kappa shape index (κ3) is 2.45. The Balaban J connectivity index is 2.43. The summed E-state index contributed by atoms with van der Waals surface area (Å²) in [5, 5.41) is 3.00. The summed E-state index contributed by atoms with van der Waals surface area (Å²) in [7, 11) is 0. The molecule has 0 aliphatic carbocycles. The summed E-state index contributed by atoms with van der Waals surface area (Å²) in [6.07, 6.45) is 0.788. The monoisotopic (exact) mass is 244 g/mol. The molecule has 1 atom stereocenters. The van der Waals surface area contributed by atoms with Gasteiger partial charge in [0.2, 0.25) is 5.91 Å². The maximum atomic E-state index is 12.2. The average molecular weight is 244 g/mol. The molecule has 0 radical (unpaired) electrons. The molecule has 0 saturated carbocycles. The predicted octanol–water partition coefficient (Wildman–Crippen LogP) is 3.17. The van der Waals surface area contributed by atoms with Crippen LogP contribution in [0.4, 0.5) is 5.69 Å². The Kier molecular flexibility index (Phi) is 3.50. The van der Waals surface area contributed by atoms with Crippen molar-refractivity contribution in [2.75, 3.05) is 5.32 Å². The lowest BCUT2D eigenvalue weighted by atomic mass is 10.0. The zero-order chi connectivity index (χ0) is 13.3. The van der Waals surface area contributed by atoms with Crippen LogP contribution in [0.25, 0.3) is 0 Å². The summed E-state index contributed by atoms with van der Waals surface area (Å²) in [5.74, 6) is 0.465. The van der Waals surface area contributed by atoms with E-state index in [0.29, 0.717) is 5.92 Å². The number of fused-ring (bicyclic) bond motifs is 1. The van der Waals surface area contributed by atoms with Crippen LogP contribution in [0.5, 0.6) is 0 Å². The smallest absolute Gasteiger partial charge is 0.249 e. The minimum Gasteiger partial charge on any atom is -0.324 e. The SMILES string of the molecule is CC1=NC(CC(C)C)C(=O)Nc2cccc(C)c21. The highest BCUT2D eigenvalue weighted by Crippen LogP contribution is 2.25. The van der Waals surface area contributed by atoms with Crippen molar-refractivity contribution in [3.8, 4) is 0 Å². The minimum atomic E-state index is -0.267. The van der Waals surface area contributed by atoms with Gasteiger partial charge in [0.25, 0.3) is 0 Å². The normalized spacial score (nSPS) is 19.1. The Labute approximate surface area is 108 Å². The Bertz CT molecular complexity index is 503. The number of rotatable bonds is 2. The summed E-state index contributed by atoms with van der Waals surface area (Å²) in [6.45, 7) is 8.26. The first kappa shape index (κ1) is 12.8. The van der Waals surface area contributed by atoms with Gasteiger partial charge in [-0.1, -0.05) is 26.0 Å². The summed E-state index contributed by atoms with van der Waals surface area (Å²) in [5.41, 5.74) is 4.05. The summed E-state index contributed by atoms with van der Waals surface area (Å²) < 4.78 is 0. The number of aryl methyl sites for hydroxylation is 1. The molecule has 3 heteroatoms. The lowest BCUT2D eigenvalue weighted by molar-refractivity contribution is -0.117. The molecule has 0 aromatic heterocycles. The van der Waals surface area contributed by atoms with Crippen LogP contribution in [0, 0.1) is 12.8 Å². The zero-order valence-corrected chi connectivity index (χ0v) is 11.4. The first-order valence-corrected chi connectivity index (χ1v) is 6.44. The molecule has 18 heavy (non-hydrogen) atoms. The molecule has 1 aliphatic heterocycles. The highest BCUT2D eigenvalue weighted by atomic mass is 16.2. The van der Waals surface area contributed by atoms with Gasteiger partial charge in [0.05, 0.1) is 5.69 Å². The number of nitrogens with zero attached hydrogens (tertiary/aromatic N) is 1. The van der Waals surface area contributed by atoms with Crippen molar-refractivity contribution in [3.63, 3.8) is 0 Å². The van der Waals surface area contributed by atoms with E-state index in [-0.39, 0.29) is 11.9 Å². The molecule has 0 saturated heterocycles. The summed E-state index contributed by atoms with van der Waals surface area (Å²) in [6, 6.07) is 5.69. The maximum absolute atomic E-state index is 12.2. The second-order valence-corrected chi connectivity index (χ2v) is 5.35. The molecule has 1 heterocycles. The van der Waals surface area contributed by atoms with Crippen LogP contribution in [0.2, 0.25) is 0 Å². The molecule has 2 rings (SSSR count). The van der Waals surface area contributed by atoms with E-state index in [2.05, 4.69) is 24.2 Å². The Morgan fingerprint density at radius 2 is 2.06 bits per heavy atom. The van der Waals surface area contributed by atoms with E-state index in [4.69, 9.17) is 0 Å². The molecule has 0 spiro atoms. The van der Waals surface area contributed by atoms with Crippen LogP contribution in [0.15, 0.2) is 23.2 Å². The summed E-state index contributed by atoms with van der Waals surface area (Å²) >= 11 is 0. The molecule has 1 unspecified atom stereocenters. The summed E-state index contributed by atoms with van der Waals surface area (Å²) in [4.78, 5) is 16.8. The van der Waals surface area contributed by atoms with E-state index in [9.17, 15) is 4.79 Å². The molecular weight excluding hydrogens is 224 g/mol. The molecule has 1 aromatic rings. The number of anilines is 1. The molecule has 3 nitrogen and oxygen atoms in total. The van der Waals surface area contributed by atoms with Gasteiger partial charge in [-0.25, -0.2) is 0 Å².